The van der Waals surface area contributed by atoms with Crippen LogP contribution in [0.4, 0.5) is 13.2 Å². The standard InChI is InChI=1S/CH2O3.F2HO2P/c2-1(3)4;1-5(2,3)4/h(H2,2,3,4);(H,3,4). The van der Waals surface area contributed by atoms with Gasteiger partial charge in [-0.25, -0.2) is 9.36 Å². The molecule has 0 heterocycles. The summed E-state index contributed by atoms with van der Waals surface area (Å²) in [6.45, 7) is 0. The van der Waals surface area contributed by atoms with Gasteiger partial charge < -0.3 is 10.2 Å². The topological polar surface area (TPSA) is 94.8 Å². The van der Waals surface area contributed by atoms with Crippen molar-refractivity contribution >= 4 is 14.1 Å². The molecule has 0 atom stereocenters. The first-order valence-electron chi connectivity index (χ1n) is 1.37. The number of rotatable bonds is 0. The highest BCUT2D eigenvalue weighted by Crippen LogP contribution is 2.43. The molecule has 0 aliphatic heterocycles. The summed E-state index contributed by atoms with van der Waals surface area (Å²) in [6.07, 6.45) is -1.83. The molecule has 0 bridgehead atoms. The minimum Gasteiger partial charge on any atom is -0.450 e. The van der Waals surface area contributed by atoms with E-state index in [4.69, 9.17) is 24.5 Å². The summed E-state index contributed by atoms with van der Waals surface area (Å²) in [5.41, 5.74) is 0. The lowest BCUT2D eigenvalue weighted by Gasteiger charge is -1.73. The maximum absolute atomic E-state index is 10.1. The van der Waals surface area contributed by atoms with Gasteiger partial charge in [-0.15, -0.1) is 8.39 Å². The van der Waals surface area contributed by atoms with Crippen LogP contribution < -0.4 is 0 Å². The van der Waals surface area contributed by atoms with Crippen molar-refractivity contribution in [3.05, 3.63) is 0 Å². The molecule has 9 heavy (non-hydrogen) atoms. The Kier molecular flexibility index (Phi) is 5.24. The predicted octanol–water partition coefficient (Wildman–Crippen LogP) is 1.25. The summed E-state index contributed by atoms with van der Waals surface area (Å²) in [5, 5.41) is 13.9. The Morgan fingerprint density at radius 3 is 1.33 bits per heavy atom. The molecule has 0 radical (unpaired) electrons. The van der Waals surface area contributed by atoms with E-state index in [9.17, 15) is 8.39 Å². The van der Waals surface area contributed by atoms with Gasteiger partial charge in [0.05, 0.1) is 0 Å². The van der Waals surface area contributed by atoms with Crippen molar-refractivity contribution in [2.45, 2.75) is 0 Å². The van der Waals surface area contributed by atoms with E-state index in [1.165, 1.54) is 0 Å². The molecular formula is CH3F2O5P. The van der Waals surface area contributed by atoms with Crippen molar-refractivity contribution in [1.82, 2.24) is 0 Å². The molecule has 0 amide bonds. The second-order valence-electron chi connectivity index (χ2n) is 0.717. The van der Waals surface area contributed by atoms with Crippen LogP contribution in [0.2, 0.25) is 0 Å². The van der Waals surface area contributed by atoms with Crippen molar-refractivity contribution in [2.75, 3.05) is 0 Å². The predicted molar refractivity (Wildman–Crippen MR) is 22.7 cm³/mol. The molecule has 0 saturated carbocycles. The SMILES string of the molecule is O=C(O)O.O=P(O)(F)F. The maximum Gasteiger partial charge on any atom is 0.549 e. The second kappa shape index (κ2) is 4.22. The Bertz CT molecular complexity index is 115. The summed E-state index contributed by atoms with van der Waals surface area (Å²) in [4.78, 5) is 15.3. The van der Waals surface area contributed by atoms with Crippen molar-refractivity contribution in [1.29, 1.82) is 0 Å². The van der Waals surface area contributed by atoms with Gasteiger partial charge in [-0.3, -0.25) is 4.89 Å². The largest absolute Gasteiger partial charge is 0.549 e. The van der Waals surface area contributed by atoms with Crippen LogP contribution in [0.5, 0.6) is 0 Å². The number of hydrogen-bond acceptors (Lipinski definition) is 2. The molecule has 0 spiro atoms. The van der Waals surface area contributed by atoms with Gasteiger partial charge in [-0.05, 0) is 0 Å². The molecule has 0 unspecified atom stereocenters. The van der Waals surface area contributed by atoms with Crippen LogP contribution in [0, 0.1) is 0 Å². The zero-order valence-electron chi connectivity index (χ0n) is 3.86. The van der Waals surface area contributed by atoms with Crippen molar-refractivity contribution in [3.63, 3.8) is 0 Å². The molecule has 0 fully saturated rings. The van der Waals surface area contributed by atoms with Crippen LogP contribution >= 0.6 is 7.99 Å². The van der Waals surface area contributed by atoms with Crippen molar-refractivity contribution in [3.8, 4) is 0 Å². The number of carboxylic acid groups (broad SMARTS) is 2. The highest BCUT2D eigenvalue weighted by molar-refractivity contribution is 7.46. The third kappa shape index (κ3) is 448. The molecule has 0 aromatic heterocycles. The number of halogens is 2. The fraction of sp³-hybridized carbons (Fsp3) is 0. The van der Waals surface area contributed by atoms with Crippen LogP contribution in [0.3, 0.4) is 0 Å². The van der Waals surface area contributed by atoms with Crippen LogP contribution in [0.25, 0.3) is 0 Å². The number of carbonyl (C=O) groups is 1. The van der Waals surface area contributed by atoms with Crippen molar-refractivity contribution < 1.29 is 32.9 Å². The molecule has 5 nitrogen and oxygen atoms in total. The lowest BCUT2D eigenvalue weighted by molar-refractivity contribution is 0.137. The molecule has 56 valence electrons. The van der Waals surface area contributed by atoms with Crippen LogP contribution in [0.15, 0.2) is 0 Å². The van der Waals surface area contributed by atoms with E-state index in [0.717, 1.165) is 0 Å². The van der Waals surface area contributed by atoms with Crippen LogP contribution in [-0.4, -0.2) is 21.3 Å². The maximum atomic E-state index is 10.1. The average molecular weight is 164 g/mol. The third-order valence-corrected chi connectivity index (χ3v) is 0. The highest BCUT2D eigenvalue weighted by Gasteiger charge is 2.09. The van der Waals surface area contributed by atoms with Gasteiger partial charge in [0.15, 0.2) is 0 Å². The fourth-order valence-electron chi connectivity index (χ4n) is 0. The van der Waals surface area contributed by atoms with Gasteiger partial charge in [0.25, 0.3) is 0 Å². The normalized spacial score (nSPS) is 9.22. The molecule has 0 aromatic rings. The quantitative estimate of drug-likeness (QED) is 0.468. The summed E-state index contributed by atoms with van der Waals surface area (Å²) in [5.74, 6) is 0. The lowest BCUT2D eigenvalue weighted by Crippen LogP contribution is -1.81. The van der Waals surface area contributed by atoms with Gasteiger partial charge in [-0.2, -0.15) is 0 Å². The van der Waals surface area contributed by atoms with Gasteiger partial charge in [0.1, 0.15) is 0 Å². The molecule has 0 aliphatic rings. The zero-order valence-corrected chi connectivity index (χ0v) is 4.76. The van der Waals surface area contributed by atoms with E-state index in [-0.39, 0.29) is 0 Å². The first kappa shape index (κ1) is 11.2. The van der Waals surface area contributed by atoms with E-state index >= 15 is 0 Å². The van der Waals surface area contributed by atoms with Crippen LogP contribution in [0.1, 0.15) is 0 Å². The van der Waals surface area contributed by atoms with Crippen molar-refractivity contribution in [2.24, 2.45) is 0 Å². The zero-order chi connectivity index (χ0) is 8.08. The summed E-state index contributed by atoms with van der Waals surface area (Å²) < 4.78 is 28.7. The first-order chi connectivity index (χ1) is 3.73. The molecule has 3 N–H and O–H groups in total. The van der Waals surface area contributed by atoms with E-state index < -0.39 is 14.1 Å². The van der Waals surface area contributed by atoms with Gasteiger partial charge >= 0.3 is 14.1 Å². The lowest BCUT2D eigenvalue weighted by atomic mass is 11.5. The Labute approximate surface area is 48.2 Å². The Hall–Kier alpha value is -0.680. The van der Waals surface area contributed by atoms with Gasteiger partial charge in [0, 0.05) is 0 Å². The van der Waals surface area contributed by atoms with Gasteiger partial charge in [-0.1, -0.05) is 0 Å². The minimum atomic E-state index is -5.64. The fourth-order valence-corrected chi connectivity index (χ4v) is 0. The van der Waals surface area contributed by atoms with E-state index in [1.54, 1.807) is 0 Å². The molecule has 8 heteroatoms. The highest BCUT2D eigenvalue weighted by atomic mass is 31.2. The monoisotopic (exact) mass is 164 g/mol. The summed E-state index contributed by atoms with van der Waals surface area (Å²) in [6, 6.07) is 0. The minimum absolute atomic E-state index is 1.83. The van der Waals surface area contributed by atoms with Gasteiger partial charge in [0.2, 0.25) is 0 Å². The molecule has 0 saturated heterocycles. The third-order valence-electron chi connectivity index (χ3n) is 0. The Morgan fingerprint density at radius 1 is 1.33 bits per heavy atom. The van der Waals surface area contributed by atoms with Crippen LogP contribution in [-0.2, 0) is 4.57 Å². The summed E-state index contributed by atoms with van der Waals surface area (Å²) >= 11 is 0. The summed E-state index contributed by atoms with van der Waals surface area (Å²) in [7, 11) is -5.64. The van der Waals surface area contributed by atoms with E-state index in [0.29, 0.717) is 0 Å². The number of hydrogen-bond donors (Lipinski definition) is 3. The first-order valence-corrected chi connectivity index (χ1v) is 2.81. The Balaban J connectivity index is 0. The smallest absolute Gasteiger partial charge is 0.450 e. The Morgan fingerprint density at radius 2 is 1.33 bits per heavy atom. The van der Waals surface area contributed by atoms with E-state index in [2.05, 4.69) is 0 Å². The molecule has 0 rings (SSSR count). The molecule has 0 aliphatic carbocycles. The second-order valence-corrected chi connectivity index (χ2v) is 1.59. The average Bonchev–Trinajstić information content (AvgIpc) is 1.19. The molecule has 0 aromatic carbocycles. The van der Waals surface area contributed by atoms with E-state index in [1.807, 2.05) is 0 Å². The molecular weight excluding hydrogens is 161 g/mol.